The van der Waals surface area contributed by atoms with Crippen LogP contribution >= 0.6 is 0 Å². The lowest BCUT2D eigenvalue weighted by Gasteiger charge is -2.18. The first-order valence-electron chi connectivity index (χ1n) is 32.0. The maximum Gasteiger partial charge on any atom is 0.306 e. The smallest absolute Gasteiger partial charge is 0.306 e. The first-order chi connectivity index (χ1) is 35.5. The minimum absolute atomic E-state index is 0.0722. The monoisotopic (exact) mass is 1010 g/mol. The Balaban J connectivity index is 4.35. The van der Waals surface area contributed by atoms with Gasteiger partial charge in [0.1, 0.15) is 13.2 Å². The highest BCUT2D eigenvalue weighted by atomic mass is 16.6. The number of carbonyl (C=O) groups is 3. The van der Waals surface area contributed by atoms with Crippen molar-refractivity contribution >= 4 is 17.9 Å². The van der Waals surface area contributed by atoms with E-state index in [2.05, 4.69) is 57.2 Å². The van der Waals surface area contributed by atoms with Gasteiger partial charge in [-0.1, -0.05) is 288 Å². The van der Waals surface area contributed by atoms with Gasteiger partial charge in [0.25, 0.3) is 0 Å². The molecule has 0 saturated carbocycles. The Hall–Kier alpha value is -2.37. The third-order valence-electron chi connectivity index (χ3n) is 14.4. The lowest BCUT2D eigenvalue weighted by atomic mass is 10.0. The summed E-state index contributed by atoms with van der Waals surface area (Å²) >= 11 is 0. The fourth-order valence-corrected chi connectivity index (χ4v) is 9.53. The van der Waals surface area contributed by atoms with E-state index in [1.807, 2.05) is 0 Å². The third kappa shape index (κ3) is 58.5. The molecule has 0 aliphatic carbocycles. The lowest BCUT2D eigenvalue weighted by Crippen LogP contribution is -2.30. The van der Waals surface area contributed by atoms with Crippen molar-refractivity contribution in [3.8, 4) is 0 Å². The number of allylic oxidation sites excluding steroid dienone is 6. The average molecular weight is 1010 g/mol. The van der Waals surface area contributed by atoms with Gasteiger partial charge < -0.3 is 14.2 Å². The summed E-state index contributed by atoms with van der Waals surface area (Å²) < 4.78 is 16.9. The predicted molar refractivity (Wildman–Crippen MR) is 312 cm³/mol. The Labute approximate surface area is 448 Å². The van der Waals surface area contributed by atoms with Gasteiger partial charge >= 0.3 is 17.9 Å². The fraction of sp³-hybridized carbons (Fsp3) is 0.864. The van der Waals surface area contributed by atoms with Gasteiger partial charge in [-0.2, -0.15) is 0 Å². The molecule has 6 nitrogen and oxygen atoms in total. The van der Waals surface area contributed by atoms with Crippen LogP contribution in [0.3, 0.4) is 0 Å². The molecule has 0 amide bonds. The van der Waals surface area contributed by atoms with E-state index < -0.39 is 6.10 Å². The first kappa shape index (κ1) is 69.6. The predicted octanol–water partition coefficient (Wildman–Crippen LogP) is 21.6. The zero-order valence-corrected chi connectivity index (χ0v) is 48.5. The van der Waals surface area contributed by atoms with Crippen LogP contribution in [-0.4, -0.2) is 37.2 Å². The molecule has 0 aliphatic rings. The first-order valence-corrected chi connectivity index (χ1v) is 32.0. The number of hydrogen-bond acceptors (Lipinski definition) is 6. The van der Waals surface area contributed by atoms with Crippen LogP contribution in [0.4, 0.5) is 0 Å². The molecule has 422 valence electrons. The van der Waals surface area contributed by atoms with Gasteiger partial charge in [-0.3, -0.25) is 14.4 Å². The number of rotatable bonds is 59. The Morgan fingerprint density at radius 3 is 0.792 bits per heavy atom. The van der Waals surface area contributed by atoms with Crippen molar-refractivity contribution in [3.63, 3.8) is 0 Å². The number of ether oxygens (including phenoxy) is 3. The summed E-state index contributed by atoms with van der Waals surface area (Å²) in [4.78, 5) is 38.3. The Bertz CT molecular complexity index is 1210. The van der Waals surface area contributed by atoms with Crippen LogP contribution in [0.1, 0.15) is 348 Å². The average Bonchev–Trinajstić information content (AvgIpc) is 3.38. The van der Waals surface area contributed by atoms with Crippen molar-refractivity contribution < 1.29 is 28.6 Å². The summed E-state index contributed by atoms with van der Waals surface area (Å²) in [6.07, 6.45) is 74.3. The van der Waals surface area contributed by atoms with Gasteiger partial charge in [0.15, 0.2) is 6.10 Å². The standard InChI is InChI=1S/C66H122O6/c1-4-7-10-13-16-19-22-25-28-31-34-37-40-43-46-49-52-55-58-64(67)70-61-63(72-66(69)60-57-54-51-48-45-42-39-36-33-30-27-24-21-18-15-12-9-6-3)62-71-65(68)59-56-53-50-47-44-41-38-35-32-29-26-23-20-17-14-11-8-5-2/h19,22,28,30-31,33,63H,4-18,20-21,23-27,29,32,34-62H2,1-3H3/b22-19-,31-28-,33-30-. The molecule has 0 aromatic carbocycles. The van der Waals surface area contributed by atoms with E-state index in [9.17, 15) is 14.4 Å². The van der Waals surface area contributed by atoms with Gasteiger partial charge in [0.05, 0.1) is 0 Å². The number of hydrogen-bond donors (Lipinski definition) is 0. The van der Waals surface area contributed by atoms with Gasteiger partial charge in [-0.15, -0.1) is 0 Å². The Morgan fingerprint density at radius 1 is 0.278 bits per heavy atom. The molecule has 0 aromatic rings. The minimum atomic E-state index is -0.776. The summed E-state index contributed by atoms with van der Waals surface area (Å²) in [5.74, 6) is -0.861. The molecular weight excluding hydrogens is 889 g/mol. The molecule has 1 unspecified atom stereocenters. The second-order valence-electron chi connectivity index (χ2n) is 21.7. The molecule has 0 N–H and O–H groups in total. The molecule has 6 heteroatoms. The van der Waals surface area contributed by atoms with Crippen molar-refractivity contribution in [1.82, 2.24) is 0 Å². The van der Waals surface area contributed by atoms with Gasteiger partial charge in [-0.25, -0.2) is 0 Å². The Morgan fingerprint density at radius 2 is 0.500 bits per heavy atom. The van der Waals surface area contributed by atoms with Gasteiger partial charge in [-0.05, 0) is 77.0 Å². The van der Waals surface area contributed by atoms with E-state index in [1.54, 1.807) is 0 Å². The van der Waals surface area contributed by atoms with Gasteiger partial charge in [0, 0.05) is 19.3 Å². The van der Waals surface area contributed by atoms with Gasteiger partial charge in [0.2, 0.25) is 0 Å². The second kappa shape index (κ2) is 61.2. The minimum Gasteiger partial charge on any atom is -0.462 e. The topological polar surface area (TPSA) is 78.9 Å². The van der Waals surface area contributed by atoms with Crippen LogP contribution in [0.5, 0.6) is 0 Å². The van der Waals surface area contributed by atoms with E-state index >= 15 is 0 Å². The molecule has 0 fully saturated rings. The van der Waals surface area contributed by atoms with E-state index in [1.165, 1.54) is 238 Å². The summed E-state index contributed by atoms with van der Waals surface area (Å²) in [5.41, 5.74) is 0. The van der Waals surface area contributed by atoms with Crippen molar-refractivity contribution in [2.24, 2.45) is 0 Å². The van der Waals surface area contributed by atoms with Crippen LogP contribution < -0.4 is 0 Å². The molecule has 0 heterocycles. The number of carbonyl (C=O) groups excluding carboxylic acids is 3. The number of unbranched alkanes of at least 4 members (excludes halogenated alkanes) is 42. The molecule has 0 radical (unpaired) electrons. The normalized spacial score (nSPS) is 12.2. The molecule has 1 atom stereocenters. The zero-order chi connectivity index (χ0) is 52.2. The lowest BCUT2D eigenvalue weighted by molar-refractivity contribution is -0.167. The highest BCUT2D eigenvalue weighted by molar-refractivity contribution is 5.71. The fourth-order valence-electron chi connectivity index (χ4n) is 9.53. The van der Waals surface area contributed by atoms with E-state index in [0.29, 0.717) is 19.3 Å². The summed E-state index contributed by atoms with van der Waals surface area (Å²) in [5, 5.41) is 0. The van der Waals surface area contributed by atoms with Crippen molar-refractivity contribution in [2.75, 3.05) is 13.2 Å². The van der Waals surface area contributed by atoms with E-state index in [0.717, 1.165) is 70.6 Å². The SMILES string of the molecule is CCCCCC/C=C\C/C=C\CCCCCCCCCC(=O)OCC(COC(=O)CCCCCCCCCCCCCCCCCCCC)OC(=O)CCCCCCCCC/C=C\CCCCCCCCC. The van der Waals surface area contributed by atoms with Crippen molar-refractivity contribution in [3.05, 3.63) is 36.5 Å². The van der Waals surface area contributed by atoms with E-state index in [-0.39, 0.29) is 31.1 Å². The van der Waals surface area contributed by atoms with Crippen LogP contribution in [0.25, 0.3) is 0 Å². The molecule has 72 heavy (non-hydrogen) atoms. The van der Waals surface area contributed by atoms with Crippen molar-refractivity contribution in [1.29, 1.82) is 0 Å². The maximum absolute atomic E-state index is 12.9. The zero-order valence-electron chi connectivity index (χ0n) is 48.5. The van der Waals surface area contributed by atoms with E-state index in [4.69, 9.17) is 14.2 Å². The molecule has 0 saturated heterocycles. The molecule has 0 rings (SSSR count). The maximum atomic E-state index is 12.9. The van der Waals surface area contributed by atoms with Crippen LogP contribution in [0.15, 0.2) is 36.5 Å². The molecule has 0 bridgehead atoms. The quantitative estimate of drug-likeness (QED) is 0.0261. The van der Waals surface area contributed by atoms with Crippen LogP contribution in [0, 0.1) is 0 Å². The van der Waals surface area contributed by atoms with Crippen LogP contribution in [0.2, 0.25) is 0 Å². The molecule has 0 aromatic heterocycles. The largest absolute Gasteiger partial charge is 0.462 e. The number of esters is 3. The highest BCUT2D eigenvalue weighted by Gasteiger charge is 2.19. The Kier molecular flexibility index (Phi) is 59.2. The third-order valence-corrected chi connectivity index (χ3v) is 14.4. The molecule has 0 spiro atoms. The highest BCUT2D eigenvalue weighted by Crippen LogP contribution is 2.17. The van der Waals surface area contributed by atoms with Crippen molar-refractivity contribution in [2.45, 2.75) is 354 Å². The van der Waals surface area contributed by atoms with Crippen LogP contribution in [-0.2, 0) is 28.6 Å². The summed E-state index contributed by atoms with van der Waals surface area (Å²) in [7, 11) is 0. The molecule has 0 aliphatic heterocycles. The second-order valence-corrected chi connectivity index (χ2v) is 21.7. The molecular formula is C66H122O6. The summed E-state index contributed by atoms with van der Waals surface area (Å²) in [6, 6.07) is 0. The summed E-state index contributed by atoms with van der Waals surface area (Å²) in [6.45, 7) is 6.67.